The smallest absolute Gasteiger partial charge is 0.0837 e. The van der Waals surface area contributed by atoms with E-state index in [1.807, 2.05) is 11.8 Å². The van der Waals surface area contributed by atoms with Crippen molar-refractivity contribution in [3.8, 4) is 0 Å². The molecular formula is C24H31NSSi. The summed E-state index contributed by atoms with van der Waals surface area (Å²) in [6.07, 6.45) is 3.43. The average Bonchev–Trinajstić information content (AvgIpc) is 2.87. The maximum Gasteiger partial charge on any atom is 0.0837 e. The molecule has 1 heterocycles. The molecule has 0 fully saturated rings. The average molecular weight is 394 g/mol. The number of hydrogen-bond donors (Lipinski definition) is 0. The first-order valence-corrected chi connectivity index (χ1v) is 14.3. The molecule has 0 radical (unpaired) electrons. The van der Waals surface area contributed by atoms with Crippen molar-refractivity contribution < 1.29 is 0 Å². The molecule has 3 aromatic rings. The zero-order chi connectivity index (χ0) is 19.4. The molecule has 0 aliphatic carbocycles. The summed E-state index contributed by atoms with van der Waals surface area (Å²) >= 11 is 1.88. The molecule has 0 bridgehead atoms. The molecular weight excluding hydrogens is 362 g/mol. The van der Waals surface area contributed by atoms with E-state index in [-0.39, 0.29) is 0 Å². The predicted molar refractivity (Wildman–Crippen MR) is 124 cm³/mol. The molecule has 0 unspecified atom stereocenters. The van der Waals surface area contributed by atoms with Gasteiger partial charge in [0.2, 0.25) is 0 Å². The third kappa shape index (κ3) is 5.17. The molecule has 0 aliphatic heterocycles. The number of nitrogens with zero attached hydrogens (tertiary/aromatic N) is 1. The second kappa shape index (κ2) is 8.53. The van der Waals surface area contributed by atoms with Gasteiger partial charge in [0.15, 0.2) is 0 Å². The number of aromatic nitrogens is 1. The number of hydrogen-bond acceptors (Lipinski definition) is 1. The molecule has 3 rings (SSSR count). The van der Waals surface area contributed by atoms with Crippen LogP contribution in [-0.2, 0) is 13.5 Å². The van der Waals surface area contributed by atoms with E-state index < -0.39 is 8.07 Å². The Labute approximate surface area is 169 Å². The first-order valence-electron chi connectivity index (χ1n) is 9.81. The van der Waals surface area contributed by atoms with Gasteiger partial charge in [0.25, 0.3) is 0 Å². The summed E-state index contributed by atoms with van der Waals surface area (Å²) in [6, 6.07) is 20.8. The van der Waals surface area contributed by atoms with E-state index in [9.17, 15) is 0 Å². The molecule has 2 aromatic carbocycles. The van der Waals surface area contributed by atoms with Crippen LogP contribution in [-0.4, -0.2) is 12.6 Å². The standard InChI is InChI=1S/C24H31NSSi/c1-19(18-27(3,4)5)12-11-16-22-21-15-9-10-17-23(21)25(2)24(22)26-20-13-7-6-8-14-20/h6-10,13-15,17H,1,11-12,16,18H2,2-5H3. The quantitative estimate of drug-likeness (QED) is 0.282. The SMILES string of the molecule is C=C(CCCc1c(Sc2ccccc2)n(C)c2ccccc12)C[Si](C)(C)C. The fourth-order valence-corrected chi connectivity index (χ4v) is 6.54. The lowest BCUT2D eigenvalue weighted by atomic mass is 10.0. The largest absolute Gasteiger partial charge is 0.338 e. The monoisotopic (exact) mass is 393 g/mol. The second-order valence-electron chi connectivity index (χ2n) is 8.62. The molecule has 27 heavy (non-hydrogen) atoms. The minimum Gasteiger partial charge on any atom is -0.338 e. The second-order valence-corrected chi connectivity index (χ2v) is 15.2. The van der Waals surface area contributed by atoms with E-state index in [0.29, 0.717) is 0 Å². The molecule has 0 amide bonds. The number of fused-ring (bicyclic) bond motifs is 1. The topological polar surface area (TPSA) is 4.93 Å². The normalized spacial score (nSPS) is 11.9. The lowest BCUT2D eigenvalue weighted by Gasteiger charge is -2.17. The van der Waals surface area contributed by atoms with Crippen LogP contribution >= 0.6 is 11.8 Å². The summed E-state index contributed by atoms with van der Waals surface area (Å²) in [6.45, 7) is 11.6. The summed E-state index contributed by atoms with van der Waals surface area (Å²) < 4.78 is 2.36. The van der Waals surface area contributed by atoms with Crippen LogP contribution in [0.4, 0.5) is 0 Å². The Morgan fingerprint density at radius 1 is 1.00 bits per heavy atom. The highest BCUT2D eigenvalue weighted by Crippen LogP contribution is 2.37. The van der Waals surface area contributed by atoms with Gasteiger partial charge in [-0.2, -0.15) is 0 Å². The van der Waals surface area contributed by atoms with E-state index in [0.717, 1.165) is 12.8 Å². The molecule has 3 heteroatoms. The van der Waals surface area contributed by atoms with Gasteiger partial charge in [-0.25, -0.2) is 0 Å². The third-order valence-electron chi connectivity index (χ3n) is 4.85. The summed E-state index contributed by atoms with van der Waals surface area (Å²) in [4.78, 5) is 1.30. The van der Waals surface area contributed by atoms with Crippen molar-refractivity contribution in [3.63, 3.8) is 0 Å². The summed E-state index contributed by atoms with van der Waals surface area (Å²) in [7, 11) is 1.14. The van der Waals surface area contributed by atoms with Crippen LogP contribution in [0.5, 0.6) is 0 Å². The van der Waals surface area contributed by atoms with Gasteiger partial charge in [-0.3, -0.25) is 0 Å². The highest BCUT2D eigenvalue weighted by atomic mass is 32.2. The van der Waals surface area contributed by atoms with Gasteiger partial charge >= 0.3 is 0 Å². The first-order chi connectivity index (χ1) is 12.8. The van der Waals surface area contributed by atoms with Crippen molar-refractivity contribution in [2.75, 3.05) is 0 Å². The van der Waals surface area contributed by atoms with Crippen molar-refractivity contribution in [1.29, 1.82) is 0 Å². The molecule has 0 spiro atoms. The fourth-order valence-electron chi connectivity index (χ4n) is 3.77. The van der Waals surface area contributed by atoms with Gasteiger partial charge in [-0.1, -0.05) is 73.4 Å². The molecule has 1 nitrogen and oxygen atoms in total. The van der Waals surface area contributed by atoms with Crippen LogP contribution in [0, 0.1) is 0 Å². The van der Waals surface area contributed by atoms with Gasteiger partial charge in [0.1, 0.15) is 0 Å². The first kappa shape index (κ1) is 20.0. The van der Waals surface area contributed by atoms with E-state index in [4.69, 9.17) is 0 Å². The van der Waals surface area contributed by atoms with Crippen LogP contribution in [0.25, 0.3) is 10.9 Å². The Bertz CT molecular complexity index is 919. The van der Waals surface area contributed by atoms with Gasteiger partial charge in [-0.15, -0.1) is 6.58 Å². The van der Waals surface area contributed by atoms with Crippen molar-refractivity contribution >= 4 is 30.7 Å². The predicted octanol–water partition coefficient (Wildman–Crippen LogP) is 7.55. The highest BCUT2D eigenvalue weighted by molar-refractivity contribution is 7.99. The van der Waals surface area contributed by atoms with Gasteiger partial charge in [0, 0.05) is 30.9 Å². The number of allylic oxidation sites excluding steroid dienone is 1. The van der Waals surface area contributed by atoms with Crippen molar-refractivity contribution in [3.05, 3.63) is 72.3 Å². The van der Waals surface area contributed by atoms with Crippen LogP contribution < -0.4 is 0 Å². The zero-order valence-electron chi connectivity index (χ0n) is 17.1. The zero-order valence-corrected chi connectivity index (χ0v) is 18.9. The fraction of sp³-hybridized carbons (Fsp3) is 0.333. The Balaban J connectivity index is 1.82. The highest BCUT2D eigenvalue weighted by Gasteiger charge is 2.17. The minimum absolute atomic E-state index is 1.06. The maximum absolute atomic E-state index is 4.35. The molecule has 0 N–H and O–H groups in total. The molecule has 0 atom stereocenters. The van der Waals surface area contributed by atoms with E-state index in [2.05, 4.69) is 92.4 Å². The molecule has 142 valence electrons. The van der Waals surface area contributed by atoms with E-state index in [1.54, 1.807) is 0 Å². The molecule has 0 saturated heterocycles. The van der Waals surface area contributed by atoms with Gasteiger partial charge < -0.3 is 4.57 Å². The minimum atomic E-state index is -1.06. The van der Waals surface area contributed by atoms with Crippen molar-refractivity contribution in [1.82, 2.24) is 4.57 Å². The molecule has 0 aliphatic rings. The summed E-state index contributed by atoms with van der Waals surface area (Å²) in [5, 5.41) is 2.77. The van der Waals surface area contributed by atoms with E-state index >= 15 is 0 Å². The van der Waals surface area contributed by atoms with Crippen LogP contribution in [0.2, 0.25) is 25.7 Å². The summed E-state index contributed by atoms with van der Waals surface area (Å²) in [5.41, 5.74) is 4.25. The number of benzene rings is 2. The van der Waals surface area contributed by atoms with Gasteiger partial charge in [-0.05, 0) is 49.1 Å². The van der Waals surface area contributed by atoms with Crippen LogP contribution in [0.15, 0.2) is 76.7 Å². The van der Waals surface area contributed by atoms with Gasteiger partial charge in [0.05, 0.1) is 5.03 Å². The van der Waals surface area contributed by atoms with Crippen molar-refractivity contribution in [2.24, 2.45) is 7.05 Å². The Hall–Kier alpha value is -1.71. The van der Waals surface area contributed by atoms with E-state index in [1.165, 1.54) is 44.4 Å². The summed E-state index contributed by atoms with van der Waals surface area (Å²) in [5.74, 6) is 0. The third-order valence-corrected chi connectivity index (χ3v) is 7.63. The maximum atomic E-state index is 4.35. The molecule has 0 saturated carbocycles. The Kier molecular flexibility index (Phi) is 6.33. The van der Waals surface area contributed by atoms with Crippen molar-refractivity contribution in [2.45, 2.75) is 54.9 Å². The van der Waals surface area contributed by atoms with Crippen LogP contribution in [0.1, 0.15) is 18.4 Å². The lowest BCUT2D eigenvalue weighted by Crippen LogP contribution is -2.19. The lowest BCUT2D eigenvalue weighted by molar-refractivity contribution is 0.774. The number of para-hydroxylation sites is 1. The molecule has 1 aromatic heterocycles. The number of aryl methyl sites for hydroxylation is 2. The number of rotatable bonds is 8. The van der Waals surface area contributed by atoms with Crippen LogP contribution in [0.3, 0.4) is 0 Å². The Morgan fingerprint density at radius 3 is 2.37 bits per heavy atom. The Morgan fingerprint density at radius 2 is 1.67 bits per heavy atom.